The van der Waals surface area contributed by atoms with Crippen molar-refractivity contribution in [2.45, 2.75) is 58.3 Å². The topological polar surface area (TPSA) is 96.6 Å². The molecule has 216 valence electrons. The van der Waals surface area contributed by atoms with Crippen LogP contribution in [0.2, 0.25) is 5.02 Å². The first-order chi connectivity index (χ1) is 19.9. The third-order valence-corrected chi connectivity index (χ3v) is 9.00. The van der Waals surface area contributed by atoms with Crippen molar-refractivity contribution >= 4 is 51.4 Å². The second-order valence-electron chi connectivity index (χ2n) is 10.4. The maximum absolute atomic E-state index is 12.9. The Morgan fingerprint density at radius 2 is 1.88 bits per heavy atom. The van der Waals surface area contributed by atoms with E-state index in [9.17, 15) is 4.79 Å². The molecular weight excluding hydrogens is 560 g/mol. The molecule has 1 N–H and O–H groups in total. The number of carbonyl (C=O) groups excluding carboxylic acids is 1. The molecule has 10 heteroatoms. The molecule has 2 aromatic carbocycles. The molecule has 3 aliphatic rings. The molecule has 2 aliphatic heterocycles. The summed E-state index contributed by atoms with van der Waals surface area (Å²) >= 11 is 7.98. The van der Waals surface area contributed by atoms with Gasteiger partial charge < -0.3 is 14.2 Å². The maximum Gasteiger partial charge on any atom is 0.283 e. The standard InChI is InChI=1S/C31H35ClN4O4S/c1-4-19(2)21-10-12-23(13-11-21)39-14-15-40-27-25(32)17-20(18-26(27)38-3)16-24-28(33)36-31(34-29(24)37)41-30(35-36)22-8-6-5-7-9-22/h10-13,16-19,22,33H,4-9,14-15H2,1-3H3/b24-16-,33-28?. The van der Waals surface area contributed by atoms with E-state index in [4.69, 9.17) is 31.2 Å². The molecule has 1 atom stereocenters. The van der Waals surface area contributed by atoms with Crippen LogP contribution in [-0.2, 0) is 4.79 Å². The number of thioether (sulfide) groups is 1. The van der Waals surface area contributed by atoms with Crippen LogP contribution in [-0.4, -0.2) is 47.3 Å². The van der Waals surface area contributed by atoms with E-state index < -0.39 is 5.91 Å². The summed E-state index contributed by atoms with van der Waals surface area (Å²) in [6.45, 7) is 4.97. The Balaban J connectivity index is 1.25. The fourth-order valence-corrected chi connectivity index (χ4v) is 6.42. The van der Waals surface area contributed by atoms with Crippen LogP contribution in [0.25, 0.3) is 6.08 Å². The second-order valence-corrected chi connectivity index (χ2v) is 11.8. The zero-order chi connectivity index (χ0) is 28.9. The van der Waals surface area contributed by atoms with Crippen LogP contribution in [0.15, 0.2) is 52.1 Å². The molecule has 1 amide bonds. The molecule has 0 bridgehead atoms. The first-order valence-corrected chi connectivity index (χ1v) is 15.3. The SMILES string of the molecule is CCC(C)c1ccc(OCCOc2c(Cl)cc(/C=C3/C(=N)N4N=C(C5CCCCC5)SC4=NC3=O)cc2OC)cc1. The van der Waals surface area contributed by atoms with Gasteiger partial charge in [-0.1, -0.05) is 56.8 Å². The summed E-state index contributed by atoms with van der Waals surface area (Å²) in [5.41, 5.74) is 2.02. The first-order valence-electron chi connectivity index (χ1n) is 14.1. The predicted octanol–water partition coefficient (Wildman–Crippen LogP) is 7.52. The minimum absolute atomic E-state index is 0.00283. The average molecular weight is 595 g/mol. The molecule has 2 aromatic rings. The largest absolute Gasteiger partial charge is 0.493 e. The number of nitrogens with zero attached hydrogens (tertiary/aromatic N) is 3. The normalized spacial score (nSPS) is 19.1. The molecule has 1 aliphatic carbocycles. The summed E-state index contributed by atoms with van der Waals surface area (Å²) < 4.78 is 17.3. The molecule has 5 rings (SSSR count). The van der Waals surface area contributed by atoms with Crippen molar-refractivity contribution in [3.63, 3.8) is 0 Å². The van der Waals surface area contributed by atoms with Gasteiger partial charge in [-0.2, -0.15) is 15.1 Å². The fraction of sp³-hybridized carbons (Fsp3) is 0.419. The Morgan fingerprint density at radius 3 is 2.59 bits per heavy atom. The molecule has 0 saturated heterocycles. The van der Waals surface area contributed by atoms with Gasteiger partial charge in [-0.25, -0.2) is 0 Å². The summed E-state index contributed by atoms with van der Waals surface area (Å²) in [4.78, 5) is 17.1. The lowest BCUT2D eigenvalue weighted by atomic mass is 9.90. The van der Waals surface area contributed by atoms with Crippen molar-refractivity contribution in [3.05, 3.63) is 58.1 Å². The maximum atomic E-state index is 12.9. The lowest BCUT2D eigenvalue weighted by Crippen LogP contribution is -2.35. The molecule has 41 heavy (non-hydrogen) atoms. The summed E-state index contributed by atoms with van der Waals surface area (Å²) in [7, 11) is 1.53. The van der Waals surface area contributed by atoms with Gasteiger partial charge in [-0.3, -0.25) is 10.2 Å². The highest BCUT2D eigenvalue weighted by molar-refractivity contribution is 8.27. The van der Waals surface area contributed by atoms with Gasteiger partial charge in [-0.05, 0) is 78.4 Å². The van der Waals surface area contributed by atoms with E-state index in [2.05, 4.69) is 36.1 Å². The molecule has 1 unspecified atom stereocenters. The highest BCUT2D eigenvalue weighted by Crippen LogP contribution is 2.39. The lowest BCUT2D eigenvalue weighted by molar-refractivity contribution is -0.114. The van der Waals surface area contributed by atoms with E-state index in [1.165, 1.54) is 48.7 Å². The van der Waals surface area contributed by atoms with Crippen molar-refractivity contribution < 1.29 is 19.0 Å². The van der Waals surface area contributed by atoms with Crippen LogP contribution in [0.5, 0.6) is 17.2 Å². The van der Waals surface area contributed by atoms with Gasteiger partial charge in [0.2, 0.25) is 5.17 Å². The third kappa shape index (κ3) is 6.62. The van der Waals surface area contributed by atoms with Crippen LogP contribution in [0.3, 0.4) is 0 Å². The van der Waals surface area contributed by atoms with Crippen molar-refractivity contribution in [1.29, 1.82) is 5.41 Å². The number of aliphatic imine (C=N–C) groups is 1. The van der Waals surface area contributed by atoms with Gasteiger partial charge in [-0.15, -0.1) is 0 Å². The number of hydrogen-bond acceptors (Lipinski definition) is 7. The number of halogens is 1. The molecule has 0 spiro atoms. The Bertz CT molecular complexity index is 1400. The summed E-state index contributed by atoms with van der Waals surface area (Å²) in [6, 6.07) is 11.5. The number of amides is 1. The van der Waals surface area contributed by atoms with Crippen molar-refractivity contribution in [3.8, 4) is 17.2 Å². The highest BCUT2D eigenvalue weighted by atomic mass is 35.5. The number of benzene rings is 2. The third-order valence-electron chi connectivity index (χ3n) is 7.65. The second kappa shape index (κ2) is 13.1. The highest BCUT2D eigenvalue weighted by Gasteiger charge is 2.38. The number of carbonyl (C=O) groups is 1. The van der Waals surface area contributed by atoms with Crippen molar-refractivity contribution in [1.82, 2.24) is 5.01 Å². The van der Waals surface area contributed by atoms with Crippen LogP contribution < -0.4 is 14.2 Å². The smallest absolute Gasteiger partial charge is 0.283 e. The van der Waals surface area contributed by atoms with Gasteiger partial charge in [0.25, 0.3) is 5.91 Å². The summed E-state index contributed by atoms with van der Waals surface area (Å²) in [5, 5.41) is 16.6. The zero-order valence-electron chi connectivity index (χ0n) is 23.6. The van der Waals surface area contributed by atoms with Crippen molar-refractivity contribution in [2.24, 2.45) is 16.0 Å². The van der Waals surface area contributed by atoms with E-state index in [1.54, 1.807) is 18.2 Å². The molecule has 1 saturated carbocycles. The zero-order valence-corrected chi connectivity index (χ0v) is 25.2. The number of ether oxygens (including phenoxy) is 3. The quantitative estimate of drug-likeness (QED) is 0.226. The van der Waals surface area contributed by atoms with Crippen LogP contribution >= 0.6 is 23.4 Å². The number of fused-ring (bicyclic) bond motifs is 1. The van der Waals surface area contributed by atoms with Crippen LogP contribution in [0, 0.1) is 11.3 Å². The number of hydrogen-bond donors (Lipinski definition) is 1. The van der Waals surface area contributed by atoms with Gasteiger partial charge in [0.15, 0.2) is 17.3 Å². The van der Waals surface area contributed by atoms with Crippen LogP contribution in [0.4, 0.5) is 0 Å². The Labute approximate surface area is 250 Å². The summed E-state index contributed by atoms with van der Waals surface area (Å²) in [6.07, 6.45) is 8.46. The van der Waals surface area contributed by atoms with Gasteiger partial charge in [0, 0.05) is 5.92 Å². The lowest BCUT2D eigenvalue weighted by Gasteiger charge is -2.20. The number of methoxy groups -OCH3 is 1. The van der Waals surface area contributed by atoms with E-state index in [-0.39, 0.29) is 18.0 Å². The van der Waals surface area contributed by atoms with Crippen LogP contribution in [0.1, 0.15) is 69.4 Å². The van der Waals surface area contributed by atoms with Gasteiger partial charge in [0.05, 0.1) is 17.7 Å². The predicted molar refractivity (Wildman–Crippen MR) is 166 cm³/mol. The molecular formula is C31H35ClN4O4S. The molecule has 8 nitrogen and oxygen atoms in total. The molecule has 0 radical (unpaired) electrons. The minimum atomic E-state index is -0.474. The minimum Gasteiger partial charge on any atom is -0.493 e. The van der Waals surface area contributed by atoms with E-state index in [0.29, 0.717) is 45.7 Å². The molecule has 0 aromatic heterocycles. The monoisotopic (exact) mass is 594 g/mol. The number of hydrazone groups is 1. The van der Waals surface area contributed by atoms with E-state index >= 15 is 0 Å². The van der Waals surface area contributed by atoms with Gasteiger partial charge in [0.1, 0.15) is 24.0 Å². The number of nitrogens with one attached hydrogen (secondary N) is 1. The number of amidine groups is 2. The van der Waals surface area contributed by atoms with Gasteiger partial charge >= 0.3 is 0 Å². The Morgan fingerprint density at radius 1 is 1.15 bits per heavy atom. The molecule has 2 heterocycles. The number of rotatable bonds is 10. The Hall–Kier alpha value is -3.30. The van der Waals surface area contributed by atoms with Crippen molar-refractivity contribution in [2.75, 3.05) is 20.3 Å². The fourth-order valence-electron chi connectivity index (χ4n) is 5.08. The average Bonchev–Trinajstić information content (AvgIpc) is 3.42. The molecule has 1 fully saturated rings. The first kappa shape index (κ1) is 29.2. The summed E-state index contributed by atoms with van der Waals surface area (Å²) in [5.74, 6) is 1.98. The van der Waals surface area contributed by atoms with E-state index in [0.717, 1.165) is 30.1 Å². The Kier molecular flexibility index (Phi) is 9.35. The van der Waals surface area contributed by atoms with E-state index in [1.807, 2.05) is 12.1 Å².